The van der Waals surface area contributed by atoms with Crippen LogP contribution < -0.4 is 4.74 Å². The molecule has 70 valence electrons. The molecule has 3 heteroatoms. The van der Waals surface area contributed by atoms with Gasteiger partial charge in [0.25, 0.3) is 0 Å². The van der Waals surface area contributed by atoms with Gasteiger partial charge in [-0.25, -0.2) is 0 Å². The predicted molar refractivity (Wildman–Crippen MR) is 49.0 cm³/mol. The van der Waals surface area contributed by atoms with Gasteiger partial charge in [0.2, 0.25) is 0 Å². The Morgan fingerprint density at radius 2 is 1.92 bits per heavy atom. The molecule has 0 bridgehead atoms. The molecule has 1 unspecified atom stereocenters. The highest BCUT2D eigenvalue weighted by atomic mass is 16.5. The van der Waals surface area contributed by atoms with Crippen LogP contribution in [0.5, 0.6) is 5.75 Å². The van der Waals surface area contributed by atoms with Gasteiger partial charge in [-0.05, 0) is 31.2 Å². The third kappa shape index (κ3) is 2.29. The third-order valence-corrected chi connectivity index (χ3v) is 1.75. The molecule has 0 heterocycles. The average molecular weight is 180 g/mol. The molecular weight excluding hydrogens is 168 g/mol. The van der Waals surface area contributed by atoms with Crippen LogP contribution in [0.4, 0.5) is 0 Å². The molecule has 0 aliphatic carbocycles. The van der Waals surface area contributed by atoms with Gasteiger partial charge in [-0.1, -0.05) is 0 Å². The van der Waals surface area contributed by atoms with Gasteiger partial charge in [-0.15, -0.1) is 0 Å². The molecule has 13 heavy (non-hydrogen) atoms. The number of benzene rings is 1. The van der Waals surface area contributed by atoms with Gasteiger partial charge in [0.05, 0.1) is 7.11 Å². The monoisotopic (exact) mass is 180 g/mol. The van der Waals surface area contributed by atoms with Crippen molar-refractivity contribution in [3.8, 4) is 5.75 Å². The first-order chi connectivity index (χ1) is 6.15. The maximum Gasteiger partial charge on any atom is 0.190 e. The Morgan fingerprint density at radius 3 is 2.31 bits per heavy atom. The molecule has 1 aromatic rings. The van der Waals surface area contributed by atoms with E-state index in [-0.39, 0.29) is 5.78 Å². The Kier molecular flexibility index (Phi) is 3.03. The van der Waals surface area contributed by atoms with E-state index < -0.39 is 6.10 Å². The molecule has 0 spiro atoms. The van der Waals surface area contributed by atoms with Crippen molar-refractivity contribution in [3.05, 3.63) is 29.8 Å². The van der Waals surface area contributed by atoms with Crippen LogP contribution in [0, 0.1) is 0 Å². The number of hydrogen-bond donors (Lipinski definition) is 1. The molecule has 1 atom stereocenters. The number of aliphatic hydroxyl groups excluding tert-OH is 1. The summed E-state index contributed by atoms with van der Waals surface area (Å²) >= 11 is 0. The SMILES string of the molecule is COc1ccc(C(=O)C(C)O)cc1. The van der Waals surface area contributed by atoms with Crippen molar-refractivity contribution in [2.45, 2.75) is 13.0 Å². The fourth-order valence-corrected chi connectivity index (χ4v) is 0.996. The standard InChI is InChI=1S/C10H12O3/c1-7(11)10(12)8-3-5-9(13-2)6-4-8/h3-7,11H,1-2H3. The van der Waals surface area contributed by atoms with Crippen LogP contribution in [0.25, 0.3) is 0 Å². The number of ketones is 1. The molecular formula is C10H12O3. The zero-order chi connectivity index (χ0) is 9.84. The van der Waals surface area contributed by atoms with E-state index in [0.717, 1.165) is 0 Å². The van der Waals surface area contributed by atoms with Gasteiger partial charge in [0.1, 0.15) is 11.9 Å². The lowest BCUT2D eigenvalue weighted by molar-refractivity contribution is 0.0779. The summed E-state index contributed by atoms with van der Waals surface area (Å²) in [6, 6.07) is 6.65. The summed E-state index contributed by atoms with van der Waals surface area (Å²) in [4.78, 5) is 11.3. The molecule has 1 N–H and O–H groups in total. The smallest absolute Gasteiger partial charge is 0.190 e. The van der Waals surface area contributed by atoms with Crippen LogP contribution in [0.1, 0.15) is 17.3 Å². The van der Waals surface area contributed by atoms with E-state index in [4.69, 9.17) is 9.84 Å². The lowest BCUT2D eigenvalue weighted by Gasteiger charge is -2.04. The number of aliphatic hydroxyl groups is 1. The highest BCUT2D eigenvalue weighted by molar-refractivity contribution is 5.99. The maximum absolute atomic E-state index is 11.3. The number of carbonyl (C=O) groups is 1. The number of rotatable bonds is 3. The second-order valence-corrected chi connectivity index (χ2v) is 2.77. The Balaban J connectivity index is 2.86. The van der Waals surface area contributed by atoms with Crippen LogP contribution >= 0.6 is 0 Å². The quantitative estimate of drug-likeness (QED) is 0.712. The van der Waals surface area contributed by atoms with Crippen LogP contribution in [-0.2, 0) is 0 Å². The summed E-state index contributed by atoms with van der Waals surface area (Å²) in [6.45, 7) is 1.45. The topological polar surface area (TPSA) is 46.5 Å². The third-order valence-electron chi connectivity index (χ3n) is 1.75. The van der Waals surface area contributed by atoms with E-state index in [1.54, 1.807) is 31.4 Å². The van der Waals surface area contributed by atoms with Crippen LogP contribution in [0.3, 0.4) is 0 Å². The molecule has 0 aliphatic rings. The van der Waals surface area contributed by atoms with Gasteiger partial charge < -0.3 is 9.84 Å². The summed E-state index contributed by atoms with van der Waals surface area (Å²) in [5.41, 5.74) is 0.496. The van der Waals surface area contributed by atoms with Gasteiger partial charge in [-0.2, -0.15) is 0 Å². The van der Waals surface area contributed by atoms with Crippen molar-refractivity contribution < 1.29 is 14.6 Å². The highest BCUT2D eigenvalue weighted by Gasteiger charge is 2.11. The predicted octanol–water partition coefficient (Wildman–Crippen LogP) is 1.26. The van der Waals surface area contributed by atoms with Gasteiger partial charge in [0, 0.05) is 5.56 Å². The van der Waals surface area contributed by atoms with Gasteiger partial charge in [0.15, 0.2) is 5.78 Å². The Labute approximate surface area is 77.0 Å². The molecule has 1 aromatic carbocycles. The number of ether oxygens (including phenoxy) is 1. The molecule has 0 saturated heterocycles. The largest absolute Gasteiger partial charge is 0.497 e. The molecule has 0 saturated carbocycles. The molecule has 0 aliphatic heterocycles. The van der Waals surface area contributed by atoms with E-state index in [2.05, 4.69) is 0 Å². The minimum Gasteiger partial charge on any atom is -0.497 e. The van der Waals surface area contributed by atoms with Crippen molar-refractivity contribution in [1.29, 1.82) is 0 Å². The number of carbonyl (C=O) groups excluding carboxylic acids is 1. The van der Waals surface area contributed by atoms with Crippen LogP contribution in [0.15, 0.2) is 24.3 Å². The second-order valence-electron chi connectivity index (χ2n) is 2.77. The number of Topliss-reactive ketones (excluding diaryl/α,β-unsaturated/α-hetero) is 1. The molecule has 0 radical (unpaired) electrons. The van der Waals surface area contributed by atoms with E-state index in [0.29, 0.717) is 11.3 Å². The van der Waals surface area contributed by atoms with E-state index in [9.17, 15) is 4.79 Å². The van der Waals surface area contributed by atoms with Crippen LogP contribution in [0.2, 0.25) is 0 Å². The van der Waals surface area contributed by atoms with Crippen molar-refractivity contribution in [2.75, 3.05) is 7.11 Å². The van der Waals surface area contributed by atoms with Crippen molar-refractivity contribution >= 4 is 5.78 Å². The first kappa shape index (κ1) is 9.74. The zero-order valence-electron chi connectivity index (χ0n) is 7.65. The summed E-state index contributed by atoms with van der Waals surface area (Å²) < 4.78 is 4.94. The summed E-state index contributed by atoms with van der Waals surface area (Å²) in [6.07, 6.45) is -0.951. The molecule has 0 fully saturated rings. The maximum atomic E-state index is 11.3. The van der Waals surface area contributed by atoms with Crippen LogP contribution in [-0.4, -0.2) is 24.1 Å². The zero-order valence-corrected chi connectivity index (χ0v) is 7.65. The summed E-state index contributed by atoms with van der Waals surface area (Å²) in [5.74, 6) is 0.421. The summed E-state index contributed by atoms with van der Waals surface area (Å²) in [5, 5.41) is 9.02. The van der Waals surface area contributed by atoms with E-state index >= 15 is 0 Å². The Bertz CT molecular complexity index is 288. The Hall–Kier alpha value is -1.35. The molecule has 1 rings (SSSR count). The van der Waals surface area contributed by atoms with E-state index in [1.165, 1.54) is 6.92 Å². The van der Waals surface area contributed by atoms with Crippen molar-refractivity contribution in [1.82, 2.24) is 0 Å². The van der Waals surface area contributed by atoms with Gasteiger partial charge >= 0.3 is 0 Å². The van der Waals surface area contributed by atoms with E-state index in [1.807, 2.05) is 0 Å². The van der Waals surface area contributed by atoms with Crippen molar-refractivity contribution in [2.24, 2.45) is 0 Å². The fourth-order valence-electron chi connectivity index (χ4n) is 0.996. The number of methoxy groups -OCH3 is 1. The summed E-state index contributed by atoms with van der Waals surface area (Å²) in [7, 11) is 1.56. The lowest BCUT2D eigenvalue weighted by atomic mass is 10.1. The molecule has 0 amide bonds. The Morgan fingerprint density at radius 1 is 1.38 bits per heavy atom. The fraction of sp³-hybridized carbons (Fsp3) is 0.300. The minimum atomic E-state index is -0.951. The minimum absolute atomic E-state index is 0.275. The average Bonchev–Trinajstić information content (AvgIpc) is 2.17. The van der Waals surface area contributed by atoms with Crippen molar-refractivity contribution in [3.63, 3.8) is 0 Å². The lowest BCUT2D eigenvalue weighted by Crippen LogP contribution is -2.15. The van der Waals surface area contributed by atoms with Gasteiger partial charge in [-0.3, -0.25) is 4.79 Å². The first-order valence-electron chi connectivity index (χ1n) is 4.01. The molecule has 0 aromatic heterocycles. The second kappa shape index (κ2) is 4.05. The number of hydrogen-bond acceptors (Lipinski definition) is 3. The normalized spacial score (nSPS) is 12.2. The first-order valence-corrected chi connectivity index (χ1v) is 4.01. The molecule has 3 nitrogen and oxygen atoms in total. The highest BCUT2D eigenvalue weighted by Crippen LogP contribution is 2.12.